The molecule has 0 spiro atoms. The zero-order valence-corrected chi connectivity index (χ0v) is 15.0. The number of piperidine rings is 1. The van der Waals surface area contributed by atoms with Gasteiger partial charge in [-0.2, -0.15) is 5.10 Å². The van der Waals surface area contributed by atoms with Crippen molar-refractivity contribution in [3.8, 4) is 11.1 Å². The molecule has 26 heavy (non-hydrogen) atoms. The van der Waals surface area contributed by atoms with Gasteiger partial charge in [0.1, 0.15) is 0 Å². The van der Waals surface area contributed by atoms with E-state index in [-0.39, 0.29) is 6.61 Å². The fraction of sp³-hybridized carbons (Fsp3) is 0.500. The first-order chi connectivity index (χ1) is 12.7. The van der Waals surface area contributed by atoms with Crippen LogP contribution in [0.4, 0.5) is 5.69 Å². The van der Waals surface area contributed by atoms with Gasteiger partial charge in [0.05, 0.1) is 12.8 Å². The highest BCUT2D eigenvalue weighted by atomic mass is 16.3. The van der Waals surface area contributed by atoms with Gasteiger partial charge in [0, 0.05) is 55.6 Å². The Morgan fingerprint density at radius 3 is 2.69 bits per heavy atom. The van der Waals surface area contributed by atoms with Gasteiger partial charge in [-0.3, -0.25) is 9.89 Å². The summed E-state index contributed by atoms with van der Waals surface area (Å²) in [5.74, 6) is 0.918. The lowest BCUT2D eigenvalue weighted by atomic mass is 9.95. The molecule has 2 N–H and O–H groups in total. The Hall–Kier alpha value is -2.34. The molecule has 0 atom stereocenters. The predicted octanol–water partition coefficient (Wildman–Crippen LogP) is 2.41. The molecule has 0 bridgehead atoms. The zero-order chi connectivity index (χ0) is 17.9. The van der Waals surface area contributed by atoms with Crippen molar-refractivity contribution in [1.29, 1.82) is 0 Å². The van der Waals surface area contributed by atoms with E-state index in [2.05, 4.69) is 33.3 Å². The van der Waals surface area contributed by atoms with Crippen molar-refractivity contribution in [2.75, 3.05) is 31.1 Å². The zero-order valence-electron chi connectivity index (χ0n) is 15.0. The van der Waals surface area contributed by atoms with Crippen LogP contribution in [0.25, 0.3) is 11.1 Å². The third-order valence-corrected chi connectivity index (χ3v) is 5.69. The van der Waals surface area contributed by atoms with Gasteiger partial charge in [0.15, 0.2) is 0 Å². The fourth-order valence-electron chi connectivity index (χ4n) is 4.17. The average Bonchev–Trinajstić information content (AvgIpc) is 3.34. The summed E-state index contributed by atoms with van der Waals surface area (Å²) in [6.45, 7) is 3.83. The van der Waals surface area contributed by atoms with Crippen LogP contribution < -0.4 is 4.90 Å². The molecule has 2 fully saturated rings. The van der Waals surface area contributed by atoms with E-state index in [1.807, 2.05) is 11.1 Å². The van der Waals surface area contributed by atoms with Crippen LogP contribution in [0.5, 0.6) is 0 Å². The van der Waals surface area contributed by atoms with Crippen molar-refractivity contribution < 1.29 is 9.90 Å². The maximum atomic E-state index is 11.8. The van der Waals surface area contributed by atoms with E-state index < -0.39 is 0 Å². The lowest BCUT2D eigenvalue weighted by Gasteiger charge is -2.36. The van der Waals surface area contributed by atoms with Gasteiger partial charge in [0.2, 0.25) is 5.91 Å². The number of rotatable bonds is 5. The number of likely N-dealkylation sites (tertiary alicyclic amines) is 1. The van der Waals surface area contributed by atoms with Crippen molar-refractivity contribution in [2.24, 2.45) is 5.92 Å². The lowest BCUT2D eigenvalue weighted by Crippen LogP contribution is -2.39. The number of hydrogen-bond acceptors (Lipinski definition) is 4. The van der Waals surface area contributed by atoms with Crippen molar-refractivity contribution in [1.82, 2.24) is 15.1 Å². The summed E-state index contributed by atoms with van der Waals surface area (Å²) < 4.78 is 0. The summed E-state index contributed by atoms with van der Waals surface area (Å²) in [4.78, 5) is 16.2. The highest BCUT2D eigenvalue weighted by molar-refractivity contribution is 5.78. The summed E-state index contributed by atoms with van der Waals surface area (Å²) in [5, 5.41) is 16.7. The first-order valence-corrected chi connectivity index (χ1v) is 9.50. The van der Waals surface area contributed by atoms with E-state index in [4.69, 9.17) is 0 Å². The SMILES string of the molecule is O=C1CCCN1CC1CCN(c2ccc(-c3cn[nH]c3)cc2CO)CC1. The van der Waals surface area contributed by atoms with Crippen LogP contribution >= 0.6 is 0 Å². The molecule has 2 saturated heterocycles. The van der Waals surface area contributed by atoms with Crippen LogP contribution in [0.15, 0.2) is 30.6 Å². The van der Waals surface area contributed by atoms with Crippen LogP contribution in [0, 0.1) is 5.92 Å². The Bertz CT molecular complexity index is 751. The minimum Gasteiger partial charge on any atom is -0.392 e. The van der Waals surface area contributed by atoms with Gasteiger partial charge < -0.3 is 14.9 Å². The van der Waals surface area contributed by atoms with Gasteiger partial charge in [-0.1, -0.05) is 6.07 Å². The first kappa shape index (κ1) is 17.1. The number of aromatic nitrogens is 2. The van der Waals surface area contributed by atoms with Gasteiger partial charge >= 0.3 is 0 Å². The number of anilines is 1. The summed E-state index contributed by atoms with van der Waals surface area (Å²) in [7, 11) is 0. The Morgan fingerprint density at radius 2 is 2.04 bits per heavy atom. The van der Waals surface area contributed by atoms with E-state index in [9.17, 15) is 9.90 Å². The Labute approximate surface area is 153 Å². The quantitative estimate of drug-likeness (QED) is 0.865. The number of H-pyrrole nitrogens is 1. The number of carbonyl (C=O) groups is 1. The molecule has 0 radical (unpaired) electrons. The molecule has 6 heteroatoms. The maximum Gasteiger partial charge on any atom is 0.222 e. The van der Waals surface area contributed by atoms with Crippen LogP contribution in [0.1, 0.15) is 31.2 Å². The maximum absolute atomic E-state index is 11.8. The molecule has 2 aromatic rings. The largest absolute Gasteiger partial charge is 0.392 e. The molecule has 3 heterocycles. The minimum absolute atomic E-state index is 0.0310. The molecule has 4 rings (SSSR count). The highest BCUT2D eigenvalue weighted by Gasteiger charge is 2.27. The third kappa shape index (κ3) is 3.46. The number of nitrogens with zero attached hydrogens (tertiary/aromatic N) is 3. The first-order valence-electron chi connectivity index (χ1n) is 9.50. The Balaban J connectivity index is 1.41. The second-order valence-corrected chi connectivity index (χ2v) is 7.36. The normalized spacial score (nSPS) is 18.7. The fourth-order valence-corrected chi connectivity index (χ4v) is 4.17. The van der Waals surface area contributed by atoms with Crippen LogP contribution in [-0.4, -0.2) is 52.3 Å². The van der Waals surface area contributed by atoms with Gasteiger partial charge in [-0.25, -0.2) is 0 Å². The topological polar surface area (TPSA) is 72.5 Å². The van der Waals surface area contributed by atoms with Crippen LogP contribution in [-0.2, 0) is 11.4 Å². The monoisotopic (exact) mass is 354 g/mol. The second kappa shape index (κ2) is 7.50. The molecular formula is C20H26N4O2. The van der Waals surface area contributed by atoms with Crippen molar-refractivity contribution in [3.63, 3.8) is 0 Å². The lowest BCUT2D eigenvalue weighted by molar-refractivity contribution is -0.128. The number of aromatic amines is 1. The third-order valence-electron chi connectivity index (χ3n) is 5.69. The van der Waals surface area contributed by atoms with E-state index in [1.54, 1.807) is 6.20 Å². The number of nitrogens with one attached hydrogen (secondary N) is 1. The smallest absolute Gasteiger partial charge is 0.222 e. The van der Waals surface area contributed by atoms with Crippen molar-refractivity contribution in [2.45, 2.75) is 32.3 Å². The molecule has 1 aromatic heterocycles. The van der Waals surface area contributed by atoms with Gasteiger partial charge in [0.25, 0.3) is 0 Å². The van der Waals surface area contributed by atoms with E-state index in [0.717, 1.165) is 74.2 Å². The van der Waals surface area contributed by atoms with E-state index in [1.165, 1.54) is 0 Å². The molecule has 138 valence electrons. The second-order valence-electron chi connectivity index (χ2n) is 7.36. The number of aliphatic hydroxyl groups excluding tert-OH is 1. The summed E-state index contributed by atoms with van der Waals surface area (Å²) in [5.41, 5.74) is 4.17. The number of carbonyl (C=O) groups excluding carboxylic acids is 1. The highest BCUT2D eigenvalue weighted by Crippen LogP contribution is 2.31. The number of amides is 1. The standard InChI is InChI=1S/C20H26N4O2/c25-14-17-10-16(18-11-21-22-12-18)3-4-19(17)23-8-5-15(6-9-23)13-24-7-1-2-20(24)26/h3-4,10-12,15,25H,1-2,5-9,13-14H2,(H,21,22). The van der Waals surface area contributed by atoms with Crippen LogP contribution in [0.2, 0.25) is 0 Å². The molecule has 2 aliphatic rings. The number of benzene rings is 1. The van der Waals surface area contributed by atoms with E-state index in [0.29, 0.717) is 11.8 Å². The molecular weight excluding hydrogens is 328 g/mol. The molecule has 6 nitrogen and oxygen atoms in total. The molecule has 1 aromatic carbocycles. The van der Waals surface area contributed by atoms with Gasteiger partial charge in [-0.15, -0.1) is 0 Å². The Morgan fingerprint density at radius 1 is 1.19 bits per heavy atom. The van der Waals surface area contributed by atoms with Gasteiger partial charge in [-0.05, 0) is 42.9 Å². The molecule has 1 amide bonds. The average molecular weight is 354 g/mol. The molecule has 0 aliphatic carbocycles. The number of hydrogen-bond donors (Lipinski definition) is 2. The Kier molecular flexibility index (Phi) is 4.93. The van der Waals surface area contributed by atoms with Crippen molar-refractivity contribution >= 4 is 11.6 Å². The molecule has 0 saturated carbocycles. The summed E-state index contributed by atoms with van der Waals surface area (Å²) in [6, 6.07) is 6.25. The number of aliphatic hydroxyl groups is 1. The van der Waals surface area contributed by atoms with Crippen molar-refractivity contribution in [3.05, 3.63) is 36.2 Å². The van der Waals surface area contributed by atoms with E-state index >= 15 is 0 Å². The van der Waals surface area contributed by atoms with Crippen LogP contribution in [0.3, 0.4) is 0 Å². The summed E-state index contributed by atoms with van der Waals surface area (Å²) >= 11 is 0. The predicted molar refractivity (Wildman–Crippen MR) is 101 cm³/mol. The molecule has 2 aliphatic heterocycles. The summed E-state index contributed by atoms with van der Waals surface area (Å²) in [6.07, 6.45) is 7.58. The molecule has 0 unspecified atom stereocenters. The minimum atomic E-state index is 0.0310.